The van der Waals surface area contributed by atoms with Gasteiger partial charge in [0.1, 0.15) is 23.4 Å². The molecule has 1 aliphatic carbocycles. The number of halogens is 2. The molecule has 256 valence electrons. The summed E-state index contributed by atoms with van der Waals surface area (Å²) in [7, 11) is 0. The Hall–Kier alpha value is -4.35. The van der Waals surface area contributed by atoms with Crippen molar-refractivity contribution in [2.75, 3.05) is 31.1 Å². The summed E-state index contributed by atoms with van der Waals surface area (Å²) in [6.07, 6.45) is 3.79. The number of amides is 1. The second-order valence-corrected chi connectivity index (χ2v) is 14.2. The monoisotopic (exact) mass is 685 g/mol. The van der Waals surface area contributed by atoms with E-state index in [1.54, 1.807) is 4.90 Å². The number of rotatable bonds is 10. The molecule has 3 aliphatic rings. The smallest absolute Gasteiger partial charge is 0.282 e. The number of pyridine rings is 1. The van der Waals surface area contributed by atoms with Crippen LogP contribution in [0.25, 0.3) is 0 Å². The molecule has 1 saturated heterocycles. The maximum absolute atomic E-state index is 14.3. The van der Waals surface area contributed by atoms with Crippen LogP contribution in [0.2, 0.25) is 5.28 Å². The second kappa shape index (κ2) is 13.5. The van der Waals surface area contributed by atoms with E-state index in [4.69, 9.17) is 26.1 Å². The Morgan fingerprint density at radius 2 is 1.88 bits per heavy atom. The zero-order chi connectivity index (χ0) is 34.3. The van der Waals surface area contributed by atoms with Crippen molar-refractivity contribution in [3.05, 3.63) is 94.3 Å². The van der Waals surface area contributed by atoms with Crippen LogP contribution in [0.5, 0.6) is 17.4 Å². The Morgan fingerprint density at radius 3 is 2.61 bits per heavy atom. The van der Waals surface area contributed by atoms with Crippen LogP contribution in [-0.4, -0.2) is 74.2 Å². The third-order valence-corrected chi connectivity index (χ3v) is 10.0. The molecule has 0 bridgehead atoms. The van der Waals surface area contributed by atoms with Crippen molar-refractivity contribution in [1.82, 2.24) is 30.0 Å². The summed E-state index contributed by atoms with van der Waals surface area (Å²) < 4.78 is 27.1. The van der Waals surface area contributed by atoms with Crippen molar-refractivity contribution in [2.24, 2.45) is 5.41 Å². The summed E-state index contributed by atoms with van der Waals surface area (Å²) in [5.41, 5.74) is 3.80. The van der Waals surface area contributed by atoms with Gasteiger partial charge in [-0.2, -0.15) is 4.98 Å². The average Bonchev–Trinajstić information content (AvgIpc) is 3.04. The number of hydrogen-bond acceptors (Lipinski definition) is 9. The first-order chi connectivity index (χ1) is 23.6. The largest absolute Gasteiger partial charge is 0.490 e. The predicted octanol–water partition coefficient (Wildman–Crippen LogP) is 6.89. The third-order valence-electron chi connectivity index (χ3n) is 9.86. The molecule has 1 atom stereocenters. The summed E-state index contributed by atoms with van der Waals surface area (Å²) in [6, 6.07) is 16.4. The second-order valence-electron chi connectivity index (χ2n) is 13.9. The van der Waals surface area contributed by atoms with Crippen molar-refractivity contribution in [2.45, 2.75) is 71.7 Å². The maximum atomic E-state index is 14.3. The minimum atomic E-state index is -0.534. The molecule has 10 nitrogen and oxygen atoms in total. The van der Waals surface area contributed by atoms with Crippen LogP contribution < -0.4 is 14.4 Å². The zero-order valence-electron chi connectivity index (χ0n) is 28.3. The first-order valence-electron chi connectivity index (χ1n) is 17.0. The van der Waals surface area contributed by atoms with Crippen molar-refractivity contribution in [1.29, 1.82) is 0 Å². The zero-order valence-corrected chi connectivity index (χ0v) is 29.0. The SMILES string of the molecule is CCN(C(=O)c1cc(F)ccc1Oc1nnc(Cl)nc1N1CC2(CC(Oc3ccnc4c3CN(Cc3ccccc3)CC4C)C2)C1)C(C)C. The molecule has 4 aromatic rings. The van der Waals surface area contributed by atoms with E-state index in [0.717, 1.165) is 57.0 Å². The average molecular weight is 686 g/mol. The number of nitrogens with zero attached hydrogens (tertiary/aromatic N) is 7. The summed E-state index contributed by atoms with van der Waals surface area (Å²) in [5.74, 6) is 1.10. The highest BCUT2D eigenvalue weighted by atomic mass is 35.5. The topological polar surface area (TPSA) is 96.8 Å². The van der Waals surface area contributed by atoms with Gasteiger partial charge >= 0.3 is 0 Å². The van der Waals surface area contributed by atoms with Crippen molar-refractivity contribution < 1.29 is 18.7 Å². The van der Waals surface area contributed by atoms with E-state index in [-0.39, 0.29) is 45.9 Å². The first-order valence-corrected chi connectivity index (χ1v) is 17.3. The first kappa shape index (κ1) is 33.2. The van der Waals surface area contributed by atoms with E-state index in [2.05, 4.69) is 56.2 Å². The van der Waals surface area contributed by atoms with E-state index >= 15 is 0 Å². The minimum absolute atomic E-state index is 0.0107. The molecule has 2 aromatic heterocycles. The van der Waals surface area contributed by atoms with Gasteiger partial charge in [0.05, 0.1) is 11.3 Å². The molecule has 12 heteroatoms. The van der Waals surface area contributed by atoms with E-state index < -0.39 is 5.82 Å². The number of benzene rings is 2. The number of fused-ring (bicyclic) bond motifs is 1. The standard InChI is InChI=1S/C37H41ClFN7O3/c1-5-46(23(2)3)35(47)28-15-26(39)11-12-30(28)49-34-33(41-36(38)43-42-34)45-21-37(22-45)16-27(17-37)48-31-13-14-40-32-24(4)18-44(20-29(31)32)19-25-9-7-6-8-10-25/h6-15,23-24,27H,5,16-22H2,1-4H3. The lowest BCUT2D eigenvalue weighted by Crippen LogP contribution is -2.65. The summed E-state index contributed by atoms with van der Waals surface area (Å²) in [5, 5.41) is 8.07. The molecule has 4 heterocycles. The van der Waals surface area contributed by atoms with Crippen molar-refractivity contribution >= 4 is 23.3 Å². The quantitative estimate of drug-likeness (QED) is 0.177. The van der Waals surface area contributed by atoms with Gasteiger partial charge in [-0.1, -0.05) is 37.3 Å². The van der Waals surface area contributed by atoms with E-state index in [9.17, 15) is 9.18 Å². The molecule has 2 aliphatic heterocycles. The molecule has 0 N–H and O–H groups in total. The Labute approximate surface area is 291 Å². The van der Waals surface area contributed by atoms with Gasteiger partial charge in [0, 0.05) is 68.4 Å². The van der Waals surface area contributed by atoms with Crippen LogP contribution in [-0.2, 0) is 13.1 Å². The molecule has 1 amide bonds. The minimum Gasteiger partial charge on any atom is -0.490 e. The fourth-order valence-electron chi connectivity index (χ4n) is 7.57. The number of aromatic nitrogens is 4. The van der Waals surface area contributed by atoms with E-state index in [0.29, 0.717) is 18.3 Å². The molecule has 2 aromatic carbocycles. The molecule has 0 radical (unpaired) electrons. The number of carbonyl (C=O) groups excluding carboxylic acids is 1. The molecular formula is C37H41ClFN7O3. The normalized spacial score (nSPS) is 18.5. The van der Waals surface area contributed by atoms with Crippen LogP contribution in [0.3, 0.4) is 0 Å². The molecule has 1 saturated carbocycles. The van der Waals surface area contributed by atoms with Gasteiger partial charge in [0.2, 0.25) is 5.28 Å². The van der Waals surface area contributed by atoms with Gasteiger partial charge in [0.15, 0.2) is 5.82 Å². The Morgan fingerprint density at radius 1 is 1.10 bits per heavy atom. The number of hydrogen-bond donors (Lipinski definition) is 0. The summed E-state index contributed by atoms with van der Waals surface area (Å²) >= 11 is 6.19. The Kier molecular flexibility index (Phi) is 9.15. The van der Waals surface area contributed by atoms with E-state index in [1.807, 2.05) is 39.1 Å². The maximum Gasteiger partial charge on any atom is 0.282 e. The highest BCUT2D eigenvalue weighted by Gasteiger charge is 2.54. The lowest BCUT2D eigenvalue weighted by atomic mass is 9.61. The highest BCUT2D eigenvalue weighted by Crippen LogP contribution is 2.52. The van der Waals surface area contributed by atoms with Gasteiger partial charge in [-0.05, 0) is 75.0 Å². The molecule has 7 rings (SSSR count). The number of carbonyl (C=O) groups is 1. The van der Waals surface area contributed by atoms with Crippen LogP contribution in [0.15, 0.2) is 60.8 Å². The number of anilines is 1. The Balaban J connectivity index is 1.02. The molecule has 49 heavy (non-hydrogen) atoms. The molecular weight excluding hydrogens is 645 g/mol. The highest BCUT2D eigenvalue weighted by molar-refractivity contribution is 6.28. The lowest BCUT2D eigenvalue weighted by molar-refractivity contribution is -0.0354. The van der Waals surface area contributed by atoms with Crippen LogP contribution >= 0.6 is 11.6 Å². The van der Waals surface area contributed by atoms with Gasteiger partial charge < -0.3 is 19.3 Å². The van der Waals surface area contributed by atoms with Crippen LogP contribution in [0.1, 0.15) is 73.6 Å². The van der Waals surface area contributed by atoms with Crippen molar-refractivity contribution in [3.8, 4) is 17.4 Å². The van der Waals surface area contributed by atoms with Gasteiger partial charge in [-0.3, -0.25) is 14.7 Å². The molecule has 1 unspecified atom stereocenters. The summed E-state index contributed by atoms with van der Waals surface area (Å²) in [6.45, 7) is 12.5. The fourth-order valence-corrected chi connectivity index (χ4v) is 7.69. The summed E-state index contributed by atoms with van der Waals surface area (Å²) in [4.78, 5) is 28.7. The molecule has 2 fully saturated rings. The third kappa shape index (κ3) is 6.78. The predicted molar refractivity (Wildman–Crippen MR) is 185 cm³/mol. The van der Waals surface area contributed by atoms with E-state index in [1.165, 1.54) is 29.3 Å². The van der Waals surface area contributed by atoms with Crippen LogP contribution in [0.4, 0.5) is 10.2 Å². The fraction of sp³-hybridized carbons (Fsp3) is 0.432. The lowest BCUT2D eigenvalue weighted by Gasteiger charge is -2.58. The van der Waals surface area contributed by atoms with Crippen molar-refractivity contribution in [3.63, 3.8) is 0 Å². The van der Waals surface area contributed by atoms with Gasteiger partial charge in [-0.15, -0.1) is 10.2 Å². The van der Waals surface area contributed by atoms with Crippen LogP contribution in [0, 0.1) is 11.2 Å². The van der Waals surface area contributed by atoms with Gasteiger partial charge in [-0.25, -0.2) is 4.39 Å². The van der Waals surface area contributed by atoms with Gasteiger partial charge in [0.25, 0.3) is 11.8 Å². The Bertz CT molecular complexity index is 1830. The molecule has 1 spiro atoms. The number of ether oxygens (including phenoxy) is 2.